The highest BCUT2D eigenvalue weighted by molar-refractivity contribution is 6.17. The van der Waals surface area contributed by atoms with E-state index in [1.807, 2.05) is 12.1 Å². The second kappa shape index (κ2) is 8.91. The lowest BCUT2D eigenvalue weighted by molar-refractivity contribution is 0.0867. The van der Waals surface area contributed by atoms with Crippen molar-refractivity contribution in [2.24, 2.45) is 0 Å². The summed E-state index contributed by atoms with van der Waals surface area (Å²) in [6, 6.07) is 7.20. The van der Waals surface area contributed by atoms with Crippen LogP contribution in [0, 0.1) is 0 Å². The van der Waals surface area contributed by atoms with Crippen molar-refractivity contribution < 1.29 is 14.6 Å². The molecule has 1 aromatic carbocycles. The number of ether oxygens (including phenoxy) is 1. The van der Waals surface area contributed by atoms with Gasteiger partial charge in [-0.2, -0.15) is 0 Å². The fraction of sp³-hybridized carbons (Fsp3) is 0.462. The average molecular weight is 272 g/mol. The molecule has 18 heavy (non-hydrogen) atoms. The maximum atomic E-state index is 11.7. The molecule has 0 bridgehead atoms. The van der Waals surface area contributed by atoms with Crippen LogP contribution in [0.1, 0.15) is 22.3 Å². The third-order valence-corrected chi connectivity index (χ3v) is 2.67. The highest BCUT2D eigenvalue weighted by Gasteiger charge is 2.03. The van der Waals surface area contributed by atoms with Crippen molar-refractivity contribution in [3.63, 3.8) is 0 Å². The van der Waals surface area contributed by atoms with E-state index >= 15 is 0 Å². The van der Waals surface area contributed by atoms with Gasteiger partial charge in [-0.3, -0.25) is 4.79 Å². The highest BCUT2D eigenvalue weighted by atomic mass is 35.5. The maximum Gasteiger partial charge on any atom is 0.251 e. The molecule has 100 valence electrons. The Kier molecular flexibility index (Phi) is 7.41. The van der Waals surface area contributed by atoms with Crippen LogP contribution in [0.25, 0.3) is 0 Å². The summed E-state index contributed by atoms with van der Waals surface area (Å²) in [7, 11) is 0. The fourth-order valence-electron chi connectivity index (χ4n) is 1.39. The standard InChI is InChI=1S/C13H18ClNO3/c14-10-11-2-4-12(5-3-11)13(17)15-6-1-8-18-9-7-16/h2-5,16H,1,6-10H2,(H,15,17). The number of alkyl halides is 1. The lowest BCUT2D eigenvalue weighted by Crippen LogP contribution is -2.25. The minimum atomic E-state index is -0.0988. The smallest absolute Gasteiger partial charge is 0.251 e. The molecular weight excluding hydrogens is 254 g/mol. The molecule has 1 aromatic rings. The van der Waals surface area contributed by atoms with Crippen LogP contribution >= 0.6 is 11.6 Å². The summed E-state index contributed by atoms with van der Waals surface area (Å²) in [6.07, 6.45) is 0.728. The van der Waals surface area contributed by atoms with Crippen molar-refractivity contribution >= 4 is 17.5 Å². The van der Waals surface area contributed by atoms with E-state index < -0.39 is 0 Å². The number of aliphatic hydroxyl groups excluding tert-OH is 1. The summed E-state index contributed by atoms with van der Waals surface area (Å²) in [5.41, 5.74) is 1.62. The molecule has 4 nitrogen and oxygen atoms in total. The first-order valence-corrected chi connectivity index (χ1v) is 6.43. The molecule has 0 heterocycles. The fourth-order valence-corrected chi connectivity index (χ4v) is 1.57. The number of nitrogens with one attached hydrogen (secondary N) is 1. The summed E-state index contributed by atoms with van der Waals surface area (Å²) in [5, 5.41) is 11.3. The first-order chi connectivity index (χ1) is 8.77. The number of aliphatic hydroxyl groups is 1. The van der Waals surface area contributed by atoms with E-state index in [1.54, 1.807) is 12.1 Å². The van der Waals surface area contributed by atoms with E-state index in [-0.39, 0.29) is 12.5 Å². The Labute approximate surface area is 112 Å². The van der Waals surface area contributed by atoms with E-state index in [0.717, 1.165) is 12.0 Å². The van der Waals surface area contributed by atoms with Gasteiger partial charge in [0, 0.05) is 24.6 Å². The number of benzene rings is 1. The van der Waals surface area contributed by atoms with E-state index in [1.165, 1.54) is 0 Å². The molecule has 0 fully saturated rings. The van der Waals surface area contributed by atoms with E-state index in [2.05, 4.69) is 5.32 Å². The zero-order valence-corrected chi connectivity index (χ0v) is 10.9. The number of hydrogen-bond donors (Lipinski definition) is 2. The van der Waals surface area contributed by atoms with Crippen LogP contribution in [0.4, 0.5) is 0 Å². The van der Waals surface area contributed by atoms with Crippen LogP contribution in [-0.2, 0) is 10.6 Å². The van der Waals surface area contributed by atoms with Gasteiger partial charge in [0.1, 0.15) is 0 Å². The zero-order valence-electron chi connectivity index (χ0n) is 10.2. The average Bonchev–Trinajstić information content (AvgIpc) is 2.42. The summed E-state index contributed by atoms with van der Waals surface area (Å²) >= 11 is 5.67. The monoisotopic (exact) mass is 271 g/mol. The number of rotatable bonds is 8. The predicted octanol–water partition coefficient (Wildman–Crippen LogP) is 1.55. The molecule has 0 atom stereocenters. The second-order valence-electron chi connectivity index (χ2n) is 3.78. The Balaban J connectivity index is 2.23. The van der Waals surface area contributed by atoms with Gasteiger partial charge in [0.05, 0.1) is 13.2 Å². The van der Waals surface area contributed by atoms with Crippen LogP contribution in [0.15, 0.2) is 24.3 Å². The van der Waals surface area contributed by atoms with Crippen LogP contribution in [0.3, 0.4) is 0 Å². The van der Waals surface area contributed by atoms with Gasteiger partial charge in [-0.05, 0) is 24.1 Å². The van der Waals surface area contributed by atoms with Gasteiger partial charge in [-0.1, -0.05) is 12.1 Å². The molecule has 0 unspecified atom stereocenters. The SMILES string of the molecule is O=C(NCCCOCCO)c1ccc(CCl)cc1. The van der Waals surface area contributed by atoms with Gasteiger partial charge < -0.3 is 15.2 Å². The Bertz CT molecular complexity index is 354. The van der Waals surface area contributed by atoms with Crippen LogP contribution in [-0.4, -0.2) is 37.4 Å². The molecule has 0 aliphatic rings. The minimum Gasteiger partial charge on any atom is -0.394 e. The van der Waals surface area contributed by atoms with E-state index in [9.17, 15) is 4.79 Å². The molecular formula is C13H18ClNO3. The third kappa shape index (κ3) is 5.49. The van der Waals surface area contributed by atoms with Gasteiger partial charge in [0.15, 0.2) is 0 Å². The molecule has 0 aliphatic carbocycles. The second-order valence-corrected chi connectivity index (χ2v) is 4.04. The number of amides is 1. The summed E-state index contributed by atoms with van der Waals surface area (Å²) in [6.45, 7) is 1.46. The van der Waals surface area contributed by atoms with Crippen molar-refractivity contribution in [1.29, 1.82) is 0 Å². The Morgan fingerprint density at radius 1 is 1.28 bits per heavy atom. The van der Waals surface area contributed by atoms with E-state index in [0.29, 0.717) is 31.2 Å². The third-order valence-electron chi connectivity index (χ3n) is 2.36. The molecule has 0 aliphatic heterocycles. The molecule has 0 saturated carbocycles. The maximum absolute atomic E-state index is 11.7. The molecule has 1 rings (SSSR count). The van der Waals surface area contributed by atoms with Crippen molar-refractivity contribution in [3.8, 4) is 0 Å². The predicted molar refractivity (Wildman–Crippen MR) is 70.9 cm³/mol. The quantitative estimate of drug-likeness (QED) is 0.557. The molecule has 0 radical (unpaired) electrons. The molecule has 2 N–H and O–H groups in total. The molecule has 5 heteroatoms. The van der Waals surface area contributed by atoms with Gasteiger partial charge in [0.2, 0.25) is 0 Å². The lowest BCUT2D eigenvalue weighted by Gasteiger charge is -2.06. The number of hydrogen-bond acceptors (Lipinski definition) is 3. The zero-order chi connectivity index (χ0) is 13.2. The van der Waals surface area contributed by atoms with Gasteiger partial charge in [0.25, 0.3) is 5.91 Å². The van der Waals surface area contributed by atoms with Crippen molar-refractivity contribution in [2.45, 2.75) is 12.3 Å². The number of carbonyl (C=O) groups is 1. The van der Waals surface area contributed by atoms with Gasteiger partial charge in [-0.25, -0.2) is 0 Å². The Hall–Kier alpha value is -1.10. The first kappa shape index (κ1) is 15.0. The van der Waals surface area contributed by atoms with Gasteiger partial charge in [-0.15, -0.1) is 11.6 Å². The number of halogens is 1. The van der Waals surface area contributed by atoms with Crippen LogP contribution < -0.4 is 5.32 Å². The molecule has 0 spiro atoms. The minimum absolute atomic E-state index is 0.0271. The van der Waals surface area contributed by atoms with Crippen molar-refractivity contribution in [1.82, 2.24) is 5.32 Å². The lowest BCUT2D eigenvalue weighted by atomic mass is 10.1. The summed E-state index contributed by atoms with van der Waals surface area (Å²) in [4.78, 5) is 11.7. The first-order valence-electron chi connectivity index (χ1n) is 5.89. The summed E-state index contributed by atoms with van der Waals surface area (Å²) in [5.74, 6) is 0.350. The number of carbonyl (C=O) groups excluding carboxylic acids is 1. The largest absolute Gasteiger partial charge is 0.394 e. The van der Waals surface area contributed by atoms with Crippen LogP contribution in [0.2, 0.25) is 0 Å². The molecule has 0 aromatic heterocycles. The van der Waals surface area contributed by atoms with Gasteiger partial charge >= 0.3 is 0 Å². The Morgan fingerprint density at radius 3 is 2.61 bits per heavy atom. The molecule has 1 amide bonds. The van der Waals surface area contributed by atoms with E-state index in [4.69, 9.17) is 21.4 Å². The van der Waals surface area contributed by atoms with Crippen molar-refractivity contribution in [2.75, 3.05) is 26.4 Å². The summed E-state index contributed by atoms with van der Waals surface area (Å²) < 4.78 is 5.08. The topological polar surface area (TPSA) is 58.6 Å². The van der Waals surface area contributed by atoms with Crippen molar-refractivity contribution in [3.05, 3.63) is 35.4 Å². The Morgan fingerprint density at radius 2 is 2.00 bits per heavy atom. The normalized spacial score (nSPS) is 10.3. The highest BCUT2D eigenvalue weighted by Crippen LogP contribution is 2.06. The van der Waals surface area contributed by atoms with Crippen LogP contribution in [0.5, 0.6) is 0 Å². The molecule has 0 saturated heterocycles.